The Morgan fingerprint density at radius 3 is 3.07 bits per heavy atom. The van der Waals surface area contributed by atoms with E-state index in [1.807, 2.05) is 6.92 Å². The Balaban J connectivity index is 2.43. The number of rotatable bonds is 4. The zero-order valence-electron chi connectivity index (χ0n) is 7.86. The van der Waals surface area contributed by atoms with E-state index in [1.165, 1.54) is 11.3 Å². The topological polar surface area (TPSA) is 88.2 Å². The number of aromatic nitrogens is 1. The molecule has 0 spiro atoms. The molecule has 0 aliphatic rings. The first-order valence-corrected chi connectivity index (χ1v) is 5.11. The van der Waals surface area contributed by atoms with Crippen molar-refractivity contribution in [3.8, 4) is 0 Å². The minimum absolute atomic E-state index is 0.0509. The number of nitrogens with one attached hydrogen (secondary N) is 1. The molecule has 0 radical (unpaired) electrons. The Morgan fingerprint density at radius 1 is 1.86 bits per heavy atom. The van der Waals surface area contributed by atoms with Crippen LogP contribution in [0, 0.1) is 5.92 Å². The monoisotopic (exact) mass is 215 g/mol. The molecule has 14 heavy (non-hydrogen) atoms. The number of hydrogen-bond donors (Lipinski definition) is 3. The summed E-state index contributed by atoms with van der Waals surface area (Å²) in [5, 5.41) is 13.4. The summed E-state index contributed by atoms with van der Waals surface area (Å²) in [5.74, 6) is -0.201. The normalized spacial score (nSPS) is 12.4. The van der Waals surface area contributed by atoms with Crippen LogP contribution in [-0.2, 0) is 0 Å². The summed E-state index contributed by atoms with van der Waals surface area (Å²) in [6.45, 7) is 2.34. The van der Waals surface area contributed by atoms with Gasteiger partial charge in [-0.05, 0) is 5.92 Å². The summed E-state index contributed by atoms with van der Waals surface area (Å²) >= 11 is 1.23. The van der Waals surface area contributed by atoms with Crippen LogP contribution in [0.25, 0.3) is 0 Å². The third kappa shape index (κ3) is 2.97. The van der Waals surface area contributed by atoms with Crippen LogP contribution in [0.1, 0.15) is 17.4 Å². The number of aliphatic hydroxyl groups excluding tert-OH is 1. The van der Waals surface area contributed by atoms with Gasteiger partial charge >= 0.3 is 0 Å². The van der Waals surface area contributed by atoms with Crippen LogP contribution in [-0.4, -0.2) is 29.1 Å². The number of aliphatic hydroxyl groups is 1. The molecule has 1 atom stereocenters. The van der Waals surface area contributed by atoms with Crippen molar-refractivity contribution in [3.63, 3.8) is 0 Å². The summed E-state index contributed by atoms with van der Waals surface area (Å²) in [6.07, 6.45) is 0. The van der Waals surface area contributed by atoms with Crippen LogP contribution < -0.4 is 11.1 Å². The van der Waals surface area contributed by atoms with E-state index in [-0.39, 0.29) is 18.4 Å². The van der Waals surface area contributed by atoms with Gasteiger partial charge in [0.1, 0.15) is 5.69 Å². The number of hydrogen-bond acceptors (Lipinski definition) is 5. The molecule has 1 unspecified atom stereocenters. The first-order valence-electron chi connectivity index (χ1n) is 4.23. The lowest BCUT2D eigenvalue weighted by molar-refractivity contribution is 0.0938. The van der Waals surface area contributed by atoms with Crippen LogP contribution >= 0.6 is 11.3 Å². The Morgan fingerprint density at radius 2 is 2.57 bits per heavy atom. The van der Waals surface area contributed by atoms with Crippen molar-refractivity contribution in [2.75, 3.05) is 18.9 Å². The van der Waals surface area contributed by atoms with E-state index in [1.54, 1.807) is 5.38 Å². The second kappa shape index (κ2) is 4.92. The van der Waals surface area contributed by atoms with E-state index in [9.17, 15) is 4.79 Å². The molecule has 0 aliphatic heterocycles. The average Bonchev–Trinajstić information content (AvgIpc) is 2.60. The first-order chi connectivity index (χ1) is 6.63. The van der Waals surface area contributed by atoms with E-state index in [2.05, 4.69) is 10.3 Å². The molecular weight excluding hydrogens is 202 g/mol. The predicted molar refractivity (Wildman–Crippen MR) is 55.1 cm³/mol. The van der Waals surface area contributed by atoms with Gasteiger partial charge in [-0.2, -0.15) is 0 Å². The molecule has 4 N–H and O–H groups in total. The molecule has 0 bridgehead atoms. The van der Waals surface area contributed by atoms with Crippen molar-refractivity contribution in [1.82, 2.24) is 10.3 Å². The number of nitrogens with zero attached hydrogens (tertiary/aromatic N) is 1. The van der Waals surface area contributed by atoms with E-state index in [4.69, 9.17) is 10.8 Å². The molecule has 1 heterocycles. The van der Waals surface area contributed by atoms with Crippen LogP contribution in [0.3, 0.4) is 0 Å². The maximum absolute atomic E-state index is 11.4. The fourth-order valence-electron chi connectivity index (χ4n) is 0.814. The maximum Gasteiger partial charge on any atom is 0.270 e. The van der Waals surface area contributed by atoms with Gasteiger partial charge in [0.2, 0.25) is 0 Å². The Kier molecular flexibility index (Phi) is 3.84. The summed E-state index contributed by atoms with van der Waals surface area (Å²) in [6, 6.07) is 0. The van der Waals surface area contributed by atoms with Gasteiger partial charge < -0.3 is 16.2 Å². The molecule has 0 aliphatic carbocycles. The summed E-state index contributed by atoms with van der Waals surface area (Å²) in [7, 11) is 0. The lowest BCUT2D eigenvalue weighted by Gasteiger charge is -2.07. The smallest absolute Gasteiger partial charge is 0.270 e. The van der Waals surface area contributed by atoms with Gasteiger partial charge in [-0.1, -0.05) is 6.92 Å². The highest BCUT2D eigenvalue weighted by Gasteiger charge is 2.10. The quantitative estimate of drug-likeness (QED) is 0.664. The third-order valence-electron chi connectivity index (χ3n) is 1.68. The van der Waals surface area contributed by atoms with E-state index >= 15 is 0 Å². The summed E-state index contributed by atoms with van der Waals surface area (Å²) in [4.78, 5) is 15.2. The van der Waals surface area contributed by atoms with E-state index in [0.29, 0.717) is 17.4 Å². The molecule has 0 fully saturated rings. The predicted octanol–water partition coefficient (Wildman–Crippen LogP) is 0.0835. The SMILES string of the molecule is CC(CO)CNC(=O)c1csc(N)n1. The second-order valence-electron chi connectivity index (χ2n) is 3.07. The fraction of sp³-hybridized carbons (Fsp3) is 0.500. The molecule has 0 saturated carbocycles. The van der Waals surface area contributed by atoms with Crippen LogP contribution in [0.5, 0.6) is 0 Å². The Bertz CT molecular complexity index is 313. The fourth-order valence-corrected chi connectivity index (χ4v) is 1.36. The van der Waals surface area contributed by atoms with Crippen LogP contribution in [0.2, 0.25) is 0 Å². The molecule has 78 valence electrons. The van der Waals surface area contributed by atoms with Gasteiger partial charge in [0.25, 0.3) is 5.91 Å². The highest BCUT2D eigenvalue weighted by atomic mass is 32.1. The Hall–Kier alpha value is -1.14. The minimum Gasteiger partial charge on any atom is -0.396 e. The minimum atomic E-state index is -0.252. The standard InChI is InChI=1S/C8H13N3O2S/c1-5(3-12)2-10-7(13)6-4-14-8(9)11-6/h4-5,12H,2-3H2,1H3,(H2,9,11)(H,10,13). The van der Waals surface area contributed by atoms with E-state index in [0.717, 1.165) is 0 Å². The van der Waals surface area contributed by atoms with Crippen molar-refractivity contribution in [2.24, 2.45) is 5.92 Å². The third-order valence-corrected chi connectivity index (χ3v) is 2.35. The highest BCUT2D eigenvalue weighted by Crippen LogP contribution is 2.10. The number of nitrogen functional groups attached to an aromatic ring is 1. The first kappa shape index (κ1) is 10.9. The number of nitrogens with two attached hydrogens (primary N) is 1. The molecular formula is C8H13N3O2S. The van der Waals surface area contributed by atoms with Crippen LogP contribution in [0.4, 0.5) is 5.13 Å². The van der Waals surface area contributed by atoms with Crippen molar-refractivity contribution in [1.29, 1.82) is 0 Å². The van der Waals surface area contributed by atoms with Gasteiger partial charge in [-0.3, -0.25) is 4.79 Å². The molecule has 0 aromatic carbocycles. The van der Waals surface area contributed by atoms with Gasteiger partial charge in [0.15, 0.2) is 5.13 Å². The molecule has 0 saturated heterocycles. The largest absolute Gasteiger partial charge is 0.396 e. The highest BCUT2D eigenvalue weighted by molar-refractivity contribution is 7.13. The van der Waals surface area contributed by atoms with Crippen molar-refractivity contribution in [3.05, 3.63) is 11.1 Å². The second-order valence-corrected chi connectivity index (χ2v) is 3.96. The van der Waals surface area contributed by atoms with E-state index < -0.39 is 0 Å². The van der Waals surface area contributed by atoms with Crippen molar-refractivity contribution < 1.29 is 9.90 Å². The maximum atomic E-state index is 11.4. The molecule has 5 nitrogen and oxygen atoms in total. The molecule has 6 heteroatoms. The van der Waals surface area contributed by atoms with Crippen molar-refractivity contribution in [2.45, 2.75) is 6.92 Å². The summed E-state index contributed by atoms with van der Waals surface area (Å²) in [5.41, 5.74) is 5.72. The molecule has 1 aromatic heterocycles. The number of thiazole rings is 1. The zero-order chi connectivity index (χ0) is 10.6. The summed E-state index contributed by atoms with van der Waals surface area (Å²) < 4.78 is 0. The zero-order valence-corrected chi connectivity index (χ0v) is 8.67. The Labute approximate surface area is 86.0 Å². The molecule has 1 aromatic rings. The lowest BCUT2D eigenvalue weighted by Crippen LogP contribution is -2.29. The number of carbonyl (C=O) groups is 1. The number of anilines is 1. The average molecular weight is 215 g/mol. The molecule has 1 amide bonds. The lowest BCUT2D eigenvalue weighted by atomic mass is 10.2. The van der Waals surface area contributed by atoms with Gasteiger partial charge in [-0.15, -0.1) is 11.3 Å². The van der Waals surface area contributed by atoms with Gasteiger partial charge in [-0.25, -0.2) is 4.98 Å². The van der Waals surface area contributed by atoms with Gasteiger partial charge in [0, 0.05) is 18.5 Å². The van der Waals surface area contributed by atoms with Crippen LogP contribution in [0.15, 0.2) is 5.38 Å². The molecule has 1 rings (SSSR count). The van der Waals surface area contributed by atoms with Gasteiger partial charge in [0.05, 0.1) is 0 Å². The number of carbonyl (C=O) groups excluding carboxylic acids is 1. The number of amides is 1. The van der Waals surface area contributed by atoms with Crippen molar-refractivity contribution >= 4 is 22.4 Å².